The zero-order chi connectivity index (χ0) is 23.3. The van der Waals surface area contributed by atoms with E-state index in [-0.39, 0.29) is 5.91 Å². The molecule has 1 fully saturated rings. The standard InChI is InChI=1S/C26H24N6O2/c1-2-24(33)32-16-14-31(15-17-32)23-13-12-22-25(30-23)26(28-18-27-22)29-19-8-10-21(11-9-19)34-20-6-4-3-5-7-20/h2-13,18H,1,14-17H2,(H,27,28,29). The van der Waals surface area contributed by atoms with Crippen LogP contribution in [0.3, 0.4) is 0 Å². The van der Waals surface area contributed by atoms with Gasteiger partial charge in [0.1, 0.15) is 29.2 Å². The van der Waals surface area contributed by atoms with E-state index < -0.39 is 0 Å². The first-order chi connectivity index (χ1) is 16.7. The number of para-hydroxylation sites is 1. The highest BCUT2D eigenvalue weighted by atomic mass is 16.5. The maximum atomic E-state index is 11.9. The van der Waals surface area contributed by atoms with Crippen LogP contribution in [0.4, 0.5) is 17.3 Å². The molecule has 8 nitrogen and oxygen atoms in total. The summed E-state index contributed by atoms with van der Waals surface area (Å²) in [4.78, 5) is 29.5. The van der Waals surface area contributed by atoms with Crippen molar-refractivity contribution in [2.75, 3.05) is 36.4 Å². The van der Waals surface area contributed by atoms with Gasteiger partial charge >= 0.3 is 0 Å². The number of hydrogen-bond acceptors (Lipinski definition) is 7. The largest absolute Gasteiger partial charge is 0.457 e. The van der Waals surface area contributed by atoms with E-state index in [1.165, 1.54) is 12.4 Å². The van der Waals surface area contributed by atoms with Crippen molar-refractivity contribution in [3.8, 4) is 11.5 Å². The van der Waals surface area contributed by atoms with Crippen LogP contribution in [0, 0.1) is 0 Å². The normalized spacial score (nSPS) is 13.5. The van der Waals surface area contributed by atoms with Gasteiger partial charge in [-0.25, -0.2) is 15.0 Å². The lowest BCUT2D eigenvalue weighted by Crippen LogP contribution is -2.48. The number of anilines is 3. The average Bonchev–Trinajstić information content (AvgIpc) is 2.90. The number of carbonyl (C=O) groups is 1. The molecule has 1 aliphatic heterocycles. The molecule has 0 bridgehead atoms. The molecule has 1 amide bonds. The number of rotatable bonds is 6. The molecule has 2 aromatic heterocycles. The number of aromatic nitrogens is 3. The number of carbonyl (C=O) groups excluding carboxylic acids is 1. The summed E-state index contributed by atoms with van der Waals surface area (Å²) in [6.07, 6.45) is 2.89. The first-order valence-electron chi connectivity index (χ1n) is 11.1. The molecule has 0 unspecified atom stereocenters. The molecule has 3 heterocycles. The Balaban J connectivity index is 1.33. The minimum atomic E-state index is -0.0359. The van der Waals surface area contributed by atoms with Crippen LogP contribution in [-0.4, -0.2) is 51.9 Å². The molecule has 8 heteroatoms. The van der Waals surface area contributed by atoms with Gasteiger partial charge in [0, 0.05) is 31.9 Å². The smallest absolute Gasteiger partial charge is 0.246 e. The van der Waals surface area contributed by atoms with E-state index in [2.05, 4.69) is 26.8 Å². The first kappa shape index (κ1) is 21.4. The quantitative estimate of drug-likeness (QED) is 0.434. The SMILES string of the molecule is C=CC(=O)N1CCN(c2ccc3ncnc(Nc4ccc(Oc5ccccc5)cc4)c3n2)CC1. The second-order valence-electron chi connectivity index (χ2n) is 7.84. The molecule has 0 saturated carbocycles. The van der Waals surface area contributed by atoms with Crippen molar-refractivity contribution in [1.82, 2.24) is 19.9 Å². The van der Waals surface area contributed by atoms with Gasteiger partial charge in [-0.1, -0.05) is 24.8 Å². The third-order valence-corrected chi connectivity index (χ3v) is 5.65. The molecule has 0 radical (unpaired) electrons. The van der Waals surface area contributed by atoms with Gasteiger partial charge in [-0.3, -0.25) is 4.79 Å². The number of nitrogens with zero attached hydrogens (tertiary/aromatic N) is 5. The number of hydrogen-bond donors (Lipinski definition) is 1. The maximum Gasteiger partial charge on any atom is 0.246 e. The molecule has 170 valence electrons. The van der Waals surface area contributed by atoms with Crippen molar-refractivity contribution in [3.05, 3.63) is 85.7 Å². The van der Waals surface area contributed by atoms with E-state index in [0.717, 1.165) is 28.5 Å². The Bertz CT molecular complexity index is 1300. The second kappa shape index (κ2) is 9.58. The highest BCUT2D eigenvalue weighted by Crippen LogP contribution is 2.27. The highest BCUT2D eigenvalue weighted by Gasteiger charge is 2.21. The van der Waals surface area contributed by atoms with E-state index >= 15 is 0 Å². The molecule has 2 aromatic carbocycles. The monoisotopic (exact) mass is 452 g/mol. The van der Waals surface area contributed by atoms with Crippen LogP contribution in [0.15, 0.2) is 85.7 Å². The second-order valence-corrected chi connectivity index (χ2v) is 7.84. The van der Waals surface area contributed by atoms with Gasteiger partial charge in [-0.15, -0.1) is 0 Å². The topological polar surface area (TPSA) is 83.5 Å². The number of pyridine rings is 1. The Kier molecular flexibility index (Phi) is 6.03. The number of amides is 1. The van der Waals surface area contributed by atoms with Crippen LogP contribution in [0.25, 0.3) is 11.0 Å². The zero-order valence-corrected chi connectivity index (χ0v) is 18.6. The Morgan fingerprint density at radius 3 is 2.38 bits per heavy atom. The molecule has 0 spiro atoms. The van der Waals surface area contributed by atoms with Gasteiger partial charge in [-0.2, -0.15) is 0 Å². The Morgan fingerprint density at radius 1 is 0.912 bits per heavy atom. The molecule has 4 aromatic rings. The van der Waals surface area contributed by atoms with Gasteiger partial charge in [-0.05, 0) is 54.6 Å². The van der Waals surface area contributed by atoms with Crippen molar-refractivity contribution >= 4 is 34.3 Å². The van der Waals surface area contributed by atoms with Crippen molar-refractivity contribution in [1.29, 1.82) is 0 Å². The molecule has 1 aliphatic rings. The average molecular weight is 453 g/mol. The summed E-state index contributed by atoms with van der Waals surface area (Å²) in [5, 5.41) is 3.35. The fraction of sp³-hybridized carbons (Fsp3) is 0.154. The van der Waals surface area contributed by atoms with Crippen LogP contribution in [0.5, 0.6) is 11.5 Å². The summed E-state index contributed by atoms with van der Waals surface area (Å²) in [5.74, 6) is 2.97. The minimum absolute atomic E-state index is 0.0359. The minimum Gasteiger partial charge on any atom is -0.457 e. The van der Waals surface area contributed by atoms with Crippen LogP contribution >= 0.6 is 0 Å². The zero-order valence-electron chi connectivity index (χ0n) is 18.6. The summed E-state index contributed by atoms with van der Waals surface area (Å²) in [5.41, 5.74) is 2.31. The van der Waals surface area contributed by atoms with Gasteiger partial charge < -0.3 is 19.9 Å². The van der Waals surface area contributed by atoms with E-state index in [9.17, 15) is 4.79 Å². The van der Waals surface area contributed by atoms with E-state index in [1.807, 2.05) is 66.7 Å². The van der Waals surface area contributed by atoms with Crippen molar-refractivity contribution in [3.63, 3.8) is 0 Å². The van der Waals surface area contributed by atoms with Crippen LogP contribution in [-0.2, 0) is 4.79 Å². The molecular weight excluding hydrogens is 428 g/mol. The van der Waals surface area contributed by atoms with Crippen LogP contribution in [0.1, 0.15) is 0 Å². The molecular formula is C26H24N6O2. The lowest BCUT2D eigenvalue weighted by Gasteiger charge is -2.35. The number of ether oxygens (including phenoxy) is 1. The highest BCUT2D eigenvalue weighted by molar-refractivity contribution is 5.88. The van der Waals surface area contributed by atoms with E-state index in [0.29, 0.717) is 37.5 Å². The first-order valence-corrected chi connectivity index (χ1v) is 11.1. The predicted molar refractivity (Wildman–Crippen MR) is 133 cm³/mol. The van der Waals surface area contributed by atoms with E-state index in [1.54, 1.807) is 4.90 Å². The lowest BCUT2D eigenvalue weighted by atomic mass is 10.2. The Morgan fingerprint density at radius 2 is 1.65 bits per heavy atom. The third kappa shape index (κ3) is 4.66. The number of piperazine rings is 1. The van der Waals surface area contributed by atoms with Crippen LogP contribution in [0.2, 0.25) is 0 Å². The number of fused-ring (bicyclic) bond motifs is 1. The molecule has 1 saturated heterocycles. The fourth-order valence-corrected chi connectivity index (χ4v) is 3.85. The predicted octanol–water partition coefficient (Wildman–Crippen LogP) is 4.40. The summed E-state index contributed by atoms with van der Waals surface area (Å²) in [7, 11) is 0. The van der Waals surface area contributed by atoms with Crippen molar-refractivity contribution in [2.45, 2.75) is 0 Å². The van der Waals surface area contributed by atoms with Gasteiger partial charge in [0.05, 0.1) is 5.52 Å². The number of nitrogens with one attached hydrogen (secondary N) is 1. The lowest BCUT2D eigenvalue weighted by molar-refractivity contribution is -0.126. The summed E-state index contributed by atoms with van der Waals surface area (Å²) in [6, 6.07) is 21.2. The van der Waals surface area contributed by atoms with Gasteiger partial charge in [0.25, 0.3) is 0 Å². The summed E-state index contributed by atoms with van der Waals surface area (Å²) < 4.78 is 5.86. The molecule has 0 aliphatic carbocycles. The van der Waals surface area contributed by atoms with Gasteiger partial charge in [0.15, 0.2) is 5.82 Å². The summed E-state index contributed by atoms with van der Waals surface area (Å²) in [6.45, 7) is 6.26. The summed E-state index contributed by atoms with van der Waals surface area (Å²) >= 11 is 0. The Labute approximate surface area is 197 Å². The van der Waals surface area contributed by atoms with Crippen molar-refractivity contribution < 1.29 is 9.53 Å². The molecule has 0 atom stereocenters. The Hall–Kier alpha value is -4.46. The van der Waals surface area contributed by atoms with Gasteiger partial charge in [0.2, 0.25) is 5.91 Å². The fourth-order valence-electron chi connectivity index (χ4n) is 3.85. The van der Waals surface area contributed by atoms with Crippen molar-refractivity contribution in [2.24, 2.45) is 0 Å². The maximum absolute atomic E-state index is 11.9. The van der Waals surface area contributed by atoms with E-state index in [4.69, 9.17) is 9.72 Å². The van der Waals surface area contributed by atoms with Crippen LogP contribution < -0.4 is 15.0 Å². The molecule has 1 N–H and O–H groups in total. The third-order valence-electron chi connectivity index (χ3n) is 5.65. The molecule has 5 rings (SSSR count). The molecule has 34 heavy (non-hydrogen) atoms. The number of benzene rings is 2.